The first-order chi connectivity index (χ1) is 24.2. The van der Waals surface area contributed by atoms with E-state index in [1.165, 1.54) is 31.3 Å². The fourth-order valence-corrected chi connectivity index (χ4v) is 8.33. The Kier molecular flexibility index (Phi) is 6.36. The fraction of sp³-hybridized carbons (Fsp3) is 0. The van der Waals surface area contributed by atoms with Gasteiger partial charge in [0.25, 0.3) is 0 Å². The van der Waals surface area contributed by atoms with E-state index in [1.54, 1.807) is 0 Å². The molecule has 4 aromatic heterocycles. The maximum absolute atomic E-state index is 4.90. The second-order valence-electron chi connectivity index (χ2n) is 12.5. The zero-order valence-corrected chi connectivity index (χ0v) is 27.2. The van der Waals surface area contributed by atoms with Crippen LogP contribution in [-0.4, -0.2) is 15.0 Å². The second-order valence-corrected chi connectivity index (χ2v) is 13.6. The molecular weight excluding hydrogens is 615 g/mol. The molecule has 10 aromatic rings. The number of para-hydroxylation sites is 1. The van der Waals surface area contributed by atoms with Crippen LogP contribution in [0.1, 0.15) is 0 Å². The van der Waals surface area contributed by atoms with Crippen LogP contribution < -0.4 is 0 Å². The zero-order chi connectivity index (χ0) is 32.3. The van der Waals surface area contributed by atoms with Crippen LogP contribution in [0.25, 0.3) is 97.4 Å². The van der Waals surface area contributed by atoms with E-state index in [1.807, 2.05) is 42.1 Å². The smallest absolute Gasteiger partial charge is 0.0964 e. The Bertz CT molecular complexity index is 2900. The first-order valence-corrected chi connectivity index (χ1v) is 17.2. The van der Waals surface area contributed by atoms with E-state index in [0.29, 0.717) is 0 Å². The summed E-state index contributed by atoms with van der Waals surface area (Å²) in [5.41, 5.74) is 12.0. The van der Waals surface area contributed by atoms with Crippen LogP contribution in [0.15, 0.2) is 164 Å². The third kappa shape index (κ3) is 4.76. The van der Waals surface area contributed by atoms with Crippen molar-refractivity contribution in [3.05, 3.63) is 164 Å². The van der Waals surface area contributed by atoms with Gasteiger partial charge >= 0.3 is 0 Å². The van der Waals surface area contributed by atoms with E-state index in [2.05, 4.69) is 138 Å². The number of hydrogen-bond acceptors (Lipinski definition) is 4. The Morgan fingerprint density at radius 3 is 2.00 bits per heavy atom. The summed E-state index contributed by atoms with van der Waals surface area (Å²) in [6.07, 6.45) is 5.81. The summed E-state index contributed by atoms with van der Waals surface area (Å²) in [6.45, 7) is 0. The van der Waals surface area contributed by atoms with Crippen molar-refractivity contribution in [2.75, 3.05) is 0 Å². The van der Waals surface area contributed by atoms with Gasteiger partial charge in [-0.3, -0.25) is 15.0 Å². The third-order valence-corrected chi connectivity index (χ3v) is 10.7. The van der Waals surface area contributed by atoms with Gasteiger partial charge in [0.1, 0.15) is 0 Å². The first kappa shape index (κ1) is 27.8. The lowest BCUT2D eigenvalue weighted by Crippen LogP contribution is -1.89. The summed E-state index contributed by atoms with van der Waals surface area (Å²) in [5.74, 6) is 0. The van der Waals surface area contributed by atoms with Gasteiger partial charge in [-0.2, -0.15) is 0 Å². The monoisotopic (exact) mass is 641 g/mol. The Balaban J connectivity index is 1.15. The van der Waals surface area contributed by atoms with E-state index in [4.69, 9.17) is 9.97 Å². The van der Waals surface area contributed by atoms with Gasteiger partial charge in [0, 0.05) is 66.0 Å². The van der Waals surface area contributed by atoms with Gasteiger partial charge in [-0.15, -0.1) is 11.3 Å². The van der Waals surface area contributed by atoms with Crippen molar-refractivity contribution in [3.8, 4) is 44.5 Å². The summed E-state index contributed by atoms with van der Waals surface area (Å²) >= 11 is 1.87. The number of aromatic nitrogens is 3. The van der Waals surface area contributed by atoms with Gasteiger partial charge in [-0.05, 0) is 88.0 Å². The lowest BCUT2D eigenvalue weighted by Gasteiger charge is -2.13. The van der Waals surface area contributed by atoms with E-state index in [9.17, 15) is 0 Å². The van der Waals surface area contributed by atoms with Crippen LogP contribution in [0.4, 0.5) is 0 Å². The molecule has 0 amide bonds. The Hall–Kier alpha value is -6.23. The van der Waals surface area contributed by atoms with Crippen molar-refractivity contribution in [2.45, 2.75) is 0 Å². The van der Waals surface area contributed by atoms with Crippen LogP contribution in [0.2, 0.25) is 0 Å². The number of pyridine rings is 3. The molecule has 228 valence electrons. The predicted octanol–water partition coefficient (Wildman–Crippen LogP) is 12.4. The summed E-state index contributed by atoms with van der Waals surface area (Å²) < 4.78 is 2.61. The molecule has 0 radical (unpaired) electrons. The molecule has 4 heteroatoms. The lowest BCUT2D eigenvalue weighted by molar-refractivity contribution is 1.37. The highest BCUT2D eigenvalue weighted by molar-refractivity contribution is 7.26. The Morgan fingerprint density at radius 2 is 1.04 bits per heavy atom. The molecular formula is C45H27N3S. The van der Waals surface area contributed by atoms with E-state index in [-0.39, 0.29) is 0 Å². The molecule has 0 bridgehead atoms. The molecule has 0 atom stereocenters. The maximum Gasteiger partial charge on any atom is 0.0964 e. The van der Waals surface area contributed by atoms with E-state index in [0.717, 1.165) is 66.1 Å². The SMILES string of the molecule is c1cc(-c2cc(-c3cnc4ccccc4c3)cc(-c3cccc4c3sc3ccccc34)c2)cc(-c2cnc3c(ccc4cccnc43)c2)c1. The predicted molar refractivity (Wildman–Crippen MR) is 207 cm³/mol. The Morgan fingerprint density at radius 1 is 0.388 bits per heavy atom. The second kappa shape index (κ2) is 11.2. The van der Waals surface area contributed by atoms with Gasteiger partial charge < -0.3 is 0 Å². The molecule has 4 heterocycles. The molecule has 0 spiro atoms. The quantitative estimate of drug-likeness (QED) is 0.180. The molecule has 10 rings (SSSR count). The van der Waals surface area contributed by atoms with Crippen molar-refractivity contribution < 1.29 is 0 Å². The fourth-order valence-electron chi connectivity index (χ4n) is 7.09. The number of fused-ring (bicyclic) bond motifs is 7. The summed E-state index contributed by atoms with van der Waals surface area (Å²) in [4.78, 5) is 14.3. The molecule has 0 unspecified atom stereocenters. The number of thiophene rings is 1. The molecule has 49 heavy (non-hydrogen) atoms. The first-order valence-electron chi connectivity index (χ1n) is 16.4. The van der Waals surface area contributed by atoms with Crippen LogP contribution >= 0.6 is 11.3 Å². The van der Waals surface area contributed by atoms with Crippen molar-refractivity contribution in [1.82, 2.24) is 15.0 Å². The van der Waals surface area contributed by atoms with Gasteiger partial charge in [-0.25, -0.2) is 0 Å². The standard InChI is InChI=1S/C45H27N3S/c1-3-15-41-31(8-1)21-37(26-47-41)34-23-33(24-35(25-34)38-13-6-14-40-39-12-2-4-16-42(39)49-45(38)40)29-9-5-10-30(20-29)36-22-32-18-17-28-11-7-19-46-43(28)44(32)48-27-36/h1-27H. The summed E-state index contributed by atoms with van der Waals surface area (Å²) in [7, 11) is 0. The van der Waals surface area contributed by atoms with E-state index < -0.39 is 0 Å². The highest BCUT2D eigenvalue weighted by atomic mass is 32.1. The number of benzene rings is 6. The molecule has 0 aliphatic carbocycles. The largest absolute Gasteiger partial charge is 0.256 e. The van der Waals surface area contributed by atoms with Crippen molar-refractivity contribution >= 4 is 64.2 Å². The van der Waals surface area contributed by atoms with E-state index >= 15 is 0 Å². The molecule has 0 aliphatic heterocycles. The van der Waals surface area contributed by atoms with Crippen LogP contribution in [0.3, 0.4) is 0 Å². The number of rotatable bonds is 4. The maximum atomic E-state index is 4.90. The van der Waals surface area contributed by atoms with Crippen molar-refractivity contribution in [2.24, 2.45) is 0 Å². The number of nitrogens with zero attached hydrogens (tertiary/aromatic N) is 3. The summed E-state index contributed by atoms with van der Waals surface area (Å²) in [6, 6.07) is 52.3. The Labute approximate surface area is 286 Å². The molecule has 0 saturated carbocycles. The van der Waals surface area contributed by atoms with Gasteiger partial charge in [0.2, 0.25) is 0 Å². The van der Waals surface area contributed by atoms with Gasteiger partial charge in [0.05, 0.1) is 16.6 Å². The molecule has 0 saturated heterocycles. The third-order valence-electron chi connectivity index (χ3n) is 9.52. The highest BCUT2D eigenvalue weighted by Gasteiger charge is 2.14. The molecule has 0 N–H and O–H groups in total. The minimum Gasteiger partial charge on any atom is -0.256 e. The normalized spacial score (nSPS) is 11.7. The average molecular weight is 642 g/mol. The summed E-state index contributed by atoms with van der Waals surface area (Å²) in [5, 5.41) is 5.91. The topological polar surface area (TPSA) is 38.7 Å². The van der Waals surface area contributed by atoms with Gasteiger partial charge in [-0.1, -0.05) is 91.0 Å². The highest BCUT2D eigenvalue weighted by Crippen LogP contribution is 2.42. The van der Waals surface area contributed by atoms with Crippen LogP contribution in [-0.2, 0) is 0 Å². The zero-order valence-electron chi connectivity index (χ0n) is 26.3. The molecule has 3 nitrogen and oxygen atoms in total. The minimum absolute atomic E-state index is 0.926. The molecule has 6 aromatic carbocycles. The van der Waals surface area contributed by atoms with Gasteiger partial charge in [0.15, 0.2) is 0 Å². The van der Waals surface area contributed by atoms with Crippen LogP contribution in [0, 0.1) is 0 Å². The molecule has 0 aliphatic rings. The van der Waals surface area contributed by atoms with Crippen LogP contribution in [0.5, 0.6) is 0 Å². The van der Waals surface area contributed by atoms with Crippen molar-refractivity contribution in [1.29, 1.82) is 0 Å². The number of hydrogen-bond donors (Lipinski definition) is 0. The van der Waals surface area contributed by atoms with Crippen molar-refractivity contribution in [3.63, 3.8) is 0 Å². The average Bonchev–Trinajstić information content (AvgIpc) is 3.56. The molecule has 0 fully saturated rings. The minimum atomic E-state index is 0.926. The lowest BCUT2D eigenvalue weighted by atomic mass is 9.92.